The number of hydrogen-bond acceptors (Lipinski definition) is 3. The Balaban J connectivity index is 1.91. The highest BCUT2D eigenvalue weighted by molar-refractivity contribution is 5.81. The Hall–Kier alpha value is -1.83. The number of carbonyl (C=O) groups is 1. The summed E-state index contributed by atoms with van der Waals surface area (Å²) in [5, 5.41) is 12.2. The predicted molar refractivity (Wildman–Crippen MR) is 82.3 cm³/mol. The van der Waals surface area contributed by atoms with Crippen molar-refractivity contribution < 1.29 is 9.90 Å². The van der Waals surface area contributed by atoms with Crippen molar-refractivity contribution >= 4 is 5.91 Å². The molecule has 4 heteroatoms. The zero-order valence-electron chi connectivity index (χ0n) is 12.2. The third-order valence-corrected chi connectivity index (χ3v) is 3.79. The second-order valence-corrected chi connectivity index (χ2v) is 5.49. The molecule has 112 valence electrons. The lowest BCUT2D eigenvalue weighted by Crippen LogP contribution is -2.39. The van der Waals surface area contributed by atoms with E-state index in [-0.39, 0.29) is 24.5 Å². The zero-order chi connectivity index (χ0) is 15.1. The van der Waals surface area contributed by atoms with Gasteiger partial charge in [0.15, 0.2) is 0 Å². The molecule has 0 spiro atoms. The van der Waals surface area contributed by atoms with Gasteiger partial charge in [-0.25, -0.2) is 0 Å². The van der Waals surface area contributed by atoms with Crippen molar-refractivity contribution in [3.63, 3.8) is 0 Å². The van der Waals surface area contributed by atoms with Gasteiger partial charge in [0.2, 0.25) is 5.91 Å². The van der Waals surface area contributed by atoms with E-state index in [1.807, 2.05) is 18.2 Å². The maximum absolute atomic E-state index is 11.8. The summed E-state index contributed by atoms with van der Waals surface area (Å²) >= 11 is 0. The van der Waals surface area contributed by atoms with Gasteiger partial charge in [-0.3, -0.25) is 9.69 Å². The Morgan fingerprint density at radius 2 is 2.14 bits per heavy atom. The number of terminal acetylenes is 1. The number of carbonyl (C=O) groups excluding carboxylic acids is 1. The molecule has 2 N–H and O–H groups in total. The second-order valence-electron chi connectivity index (χ2n) is 5.49. The Bertz CT molecular complexity index is 495. The zero-order valence-corrected chi connectivity index (χ0v) is 12.2. The van der Waals surface area contributed by atoms with Gasteiger partial charge in [-0.2, -0.15) is 0 Å². The van der Waals surface area contributed by atoms with Gasteiger partial charge >= 0.3 is 0 Å². The lowest BCUT2D eigenvalue weighted by atomic mass is 10.0. The van der Waals surface area contributed by atoms with Crippen LogP contribution in [0, 0.1) is 18.3 Å². The minimum absolute atomic E-state index is 0.0570. The van der Waals surface area contributed by atoms with Crippen LogP contribution in [0.1, 0.15) is 18.4 Å². The van der Waals surface area contributed by atoms with E-state index in [4.69, 9.17) is 6.42 Å². The van der Waals surface area contributed by atoms with E-state index in [9.17, 15) is 9.90 Å². The predicted octanol–water partition coefficient (Wildman–Crippen LogP) is 1.01. The molecule has 0 aromatic heterocycles. The third kappa shape index (κ3) is 4.59. The summed E-state index contributed by atoms with van der Waals surface area (Å²) in [5.74, 6) is 2.56. The fraction of sp³-hybridized carbons (Fsp3) is 0.471. The molecule has 0 unspecified atom stereocenters. The van der Waals surface area contributed by atoms with E-state index in [0.29, 0.717) is 13.0 Å². The highest BCUT2D eigenvalue weighted by Crippen LogP contribution is 2.19. The van der Waals surface area contributed by atoms with Crippen molar-refractivity contribution in [1.82, 2.24) is 10.2 Å². The first-order valence-electron chi connectivity index (χ1n) is 7.34. The van der Waals surface area contributed by atoms with E-state index in [1.54, 1.807) is 0 Å². The molecule has 1 heterocycles. The first kappa shape index (κ1) is 15.6. The van der Waals surface area contributed by atoms with Crippen LogP contribution in [0.5, 0.6) is 0 Å². The van der Waals surface area contributed by atoms with Gasteiger partial charge in [0, 0.05) is 32.1 Å². The molecule has 1 fully saturated rings. The van der Waals surface area contributed by atoms with Crippen LogP contribution in [0.15, 0.2) is 30.3 Å². The number of amides is 1. The molecule has 2 rings (SSSR count). The first-order chi connectivity index (χ1) is 10.2. The summed E-state index contributed by atoms with van der Waals surface area (Å²) in [4.78, 5) is 14.0. The Kier molecular flexibility index (Phi) is 5.79. The van der Waals surface area contributed by atoms with E-state index in [1.165, 1.54) is 5.56 Å². The fourth-order valence-electron chi connectivity index (χ4n) is 2.80. The van der Waals surface area contributed by atoms with Crippen LogP contribution in [-0.2, 0) is 11.3 Å². The average Bonchev–Trinajstić information content (AvgIpc) is 2.81. The molecule has 0 aliphatic carbocycles. The molecule has 1 aromatic carbocycles. The van der Waals surface area contributed by atoms with Crippen molar-refractivity contribution in [1.29, 1.82) is 0 Å². The Morgan fingerprint density at radius 1 is 1.38 bits per heavy atom. The number of aliphatic hydroxyl groups excluding tert-OH is 1. The van der Waals surface area contributed by atoms with Crippen molar-refractivity contribution in [2.24, 2.45) is 5.92 Å². The number of nitrogens with one attached hydrogen (secondary N) is 1. The van der Waals surface area contributed by atoms with Crippen molar-refractivity contribution in [2.75, 3.05) is 19.7 Å². The van der Waals surface area contributed by atoms with Gasteiger partial charge in [0.25, 0.3) is 0 Å². The van der Waals surface area contributed by atoms with Crippen molar-refractivity contribution in [2.45, 2.75) is 25.4 Å². The standard InChI is InChI=1S/C17H22N2O2/c1-2-6-15-11-16(18-17(15)21)13-19(9-10-20)12-14-7-4-3-5-8-14/h1,3-5,7-8,15-16,20H,6,9-13H2,(H,18,21)/t15-,16-/m0/s1. The van der Waals surface area contributed by atoms with Crippen molar-refractivity contribution in [3.8, 4) is 12.3 Å². The molecular weight excluding hydrogens is 264 g/mol. The molecule has 1 aliphatic rings. The SMILES string of the molecule is C#CC[C@H]1C[C@@H](CN(CCO)Cc2ccccc2)NC1=O. The van der Waals surface area contributed by atoms with Gasteiger partial charge in [0.1, 0.15) is 0 Å². The molecule has 21 heavy (non-hydrogen) atoms. The summed E-state index contributed by atoms with van der Waals surface area (Å²) < 4.78 is 0. The molecule has 2 atom stereocenters. The monoisotopic (exact) mass is 286 g/mol. The van der Waals surface area contributed by atoms with Gasteiger partial charge in [-0.15, -0.1) is 12.3 Å². The molecule has 0 saturated carbocycles. The smallest absolute Gasteiger partial charge is 0.224 e. The van der Waals surface area contributed by atoms with Crippen LogP contribution in [0.2, 0.25) is 0 Å². The average molecular weight is 286 g/mol. The van der Waals surface area contributed by atoms with Gasteiger partial charge in [0.05, 0.1) is 12.5 Å². The van der Waals surface area contributed by atoms with Gasteiger partial charge in [-0.1, -0.05) is 30.3 Å². The minimum Gasteiger partial charge on any atom is -0.395 e. The lowest BCUT2D eigenvalue weighted by molar-refractivity contribution is -0.122. The highest BCUT2D eigenvalue weighted by atomic mass is 16.3. The number of rotatable bonds is 7. The van der Waals surface area contributed by atoms with Crippen LogP contribution >= 0.6 is 0 Å². The quantitative estimate of drug-likeness (QED) is 0.736. The van der Waals surface area contributed by atoms with Crippen LogP contribution in [0.25, 0.3) is 0 Å². The minimum atomic E-state index is -0.0623. The lowest BCUT2D eigenvalue weighted by Gasteiger charge is -2.24. The number of nitrogens with zero attached hydrogens (tertiary/aromatic N) is 1. The van der Waals surface area contributed by atoms with E-state index < -0.39 is 0 Å². The number of aliphatic hydroxyl groups is 1. The third-order valence-electron chi connectivity index (χ3n) is 3.79. The molecule has 0 bridgehead atoms. The Morgan fingerprint density at radius 3 is 2.81 bits per heavy atom. The van der Waals surface area contributed by atoms with E-state index >= 15 is 0 Å². The van der Waals surface area contributed by atoms with E-state index in [0.717, 1.165) is 19.5 Å². The van der Waals surface area contributed by atoms with Crippen LogP contribution in [0.3, 0.4) is 0 Å². The molecule has 0 radical (unpaired) electrons. The topological polar surface area (TPSA) is 52.6 Å². The molecule has 1 saturated heterocycles. The number of hydrogen-bond donors (Lipinski definition) is 2. The molecule has 1 amide bonds. The van der Waals surface area contributed by atoms with Crippen molar-refractivity contribution in [3.05, 3.63) is 35.9 Å². The summed E-state index contributed by atoms with van der Waals surface area (Å²) in [5.41, 5.74) is 1.20. The largest absolute Gasteiger partial charge is 0.395 e. The maximum Gasteiger partial charge on any atom is 0.224 e. The molecular formula is C17H22N2O2. The van der Waals surface area contributed by atoms with E-state index in [2.05, 4.69) is 28.3 Å². The maximum atomic E-state index is 11.8. The van der Waals surface area contributed by atoms with Crippen LogP contribution in [0.4, 0.5) is 0 Å². The second kappa shape index (κ2) is 7.82. The first-order valence-corrected chi connectivity index (χ1v) is 7.34. The number of benzene rings is 1. The fourth-order valence-corrected chi connectivity index (χ4v) is 2.80. The summed E-state index contributed by atoms with van der Waals surface area (Å²) in [6.45, 7) is 2.22. The molecule has 1 aromatic rings. The van der Waals surface area contributed by atoms with Gasteiger partial charge in [-0.05, 0) is 12.0 Å². The summed E-state index contributed by atoms with van der Waals surface area (Å²) in [6, 6.07) is 10.3. The highest BCUT2D eigenvalue weighted by Gasteiger charge is 2.32. The Labute approximate surface area is 126 Å². The molecule has 4 nitrogen and oxygen atoms in total. The normalized spacial score (nSPS) is 21.3. The van der Waals surface area contributed by atoms with Crippen LogP contribution in [-0.4, -0.2) is 41.7 Å². The summed E-state index contributed by atoms with van der Waals surface area (Å²) in [7, 11) is 0. The van der Waals surface area contributed by atoms with Crippen LogP contribution < -0.4 is 5.32 Å². The van der Waals surface area contributed by atoms with Gasteiger partial charge < -0.3 is 10.4 Å². The molecule has 1 aliphatic heterocycles. The summed E-state index contributed by atoms with van der Waals surface area (Å²) in [6.07, 6.45) is 6.57.